The Morgan fingerprint density at radius 1 is 1.04 bits per heavy atom. The van der Waals surface area contributed by atoms with Gasteiger partial charge in [0.25, 0.3) is 5.91 Å². The van der Waals surface area contributed by atoms with Crippen molar-refractivity contribution >= 4 is 56.9 Å². The molecule has 2 aromatic rings. The lowest BCUT2D eigenvalue weighted by molar-refractivity contribution is -0.160. The van der Waals surface area contributed by atoms with Gasteiger partial charge in [-0.2, -0.15) is 0 Å². The fourth-order valence-electron chi connectivity index (χ4n) is 7.43. The molecule has 1 spiro atoms. The fourth-order valence-corrected chi connectivity index (χ4v) is 8.29. The molecule has 5 bridgehead atoms. The number of carbonyl (C=O) groups excluding carboxylic acids is 4. The van der Waals surface area contributed by atoms with Crippen LogP contribution in [0.3, 0.4) is 0 Å². The molecule has 2 N–H and O–H groups in total. The van der Waals surface area contributed by atoms with E-state index < -0.39 is 59.5 Å². The highest BCUT2D eigenvalue weighted by molar-refractivity contribution is 9.11. The molecule has 0 saturated carbocycles. The summed E-state index contributed by atoms with van der Waals surface area (Å²) in [6.45, 7) is 3.75. The van der Waals surface area contributed by atoms with E-state index in [1.807, 2.05) is 56.3 Å². The Bertz CT molecular complexity index is 1620. The first kappa shape index (κ1) is 34.4. The van der Waals surface area contributed by atoms with Gasteiger partial charge in [0, 0.05) is 28.2 Å². The van der Waals surface area contributed by atoms with E-state index in [1.54, 1.807) is 35.2 Å². The maximum atomic E-state index is 15.0. The predicted octanol–water partition coefficient (Wildman–Crippen LogP) is 4.70. The molecule has 3 amide bonds. The largest absolute Gasteiger partial charge is 0.455 e. The van der Waals surface area contributed by atoms with Crippen molar-refractivity contribution in [1.82, 2.24) is 10.2 Å². The number of halogens is 2. The van der Waals surface area contributed by atoms with Gasteiger partial charge in [-0.15, -0.1) is 0 Å². The number of anilines is 1. The molecular formula is C36H39BrClN3O7. The highest BCUT2D eigenvalue weighted by Crippen LogP contribution is 2.59. The lowest BCUT2D eigenvalue weighted by Gasteiger charge is -2.39. The van der Waals surface area contributed by atoms with Crippen LogP contribution in [0, 0.1) is 17.8 Å². The van der Waals surface area contributed by atoms with E-state index in [2.05, 4.69) is 21.2 Å². The van der Waals surface area contributed by atoms with Crippen LogP contribution in [-0.4, -0.2) is 77.2 Å². The molecule has 12 heteroatoms. The smallest absolute Gasteiger partial charge is 0.313 e. The van der Waals surface area contributed by atoms with Crippen molar-refractivity contribution in [2.75, 3.05) is 24.6 Å². The Morgan fingerprint density at radius 3 is 2.46 bits per heavy atom. The van der Waals surface area contributed by atoms with E-state index in [-0.39, 0.29) is 37.9 Å². The Hall–Kier alpha value is -3.51. The number of fused-ring (bicyclic) bond motifs is 2. The SMILES string of the molecule is CC(C)C[C@H](CO)N1C(=O)[C@@H]2[C@H]3C(=O)O[C@@H](c4ccccc4)CNC(=O)CC/C=C\CN(c4ccc(Cl)cc4)C(=O)[C@@H]1[C@]21C=C(Br)[C@H]3O1. The predicted molar refractivity (Wildman–Crippen MR) is 183 cm³/mol. The third-order valence-corrected chi connectivity index (χ3v) is 10.5. The highest BCUT2D eigenvalue weighted by atomic mass is 79.9. The van der Waals surface area contributed by atoms with Gasteiger partial charge in [0.2, 0.25) is 11.8 Å². The van der Waals surface area contributed by atoms with Crippen molar-refractivity contribution in [3.63, 3.8) is 0 Å². The number of likely N-dealkylation sites (tertiary alicyclic amines) is 1. The number of nitrogens with one attached hydrogen (secondary N) is 1. The number of carbonyl (C=O) groups is 4. The van der Waals surface area contributed by atoms with Gasteiger partial charge in [0.1, 0.15) is 29.8 Å². The number of aliphatic hydroxyl groups is 1. The second-order valence-electron chi connectivity index (χ2n) is 13.1. The molecule has 48 heavy (non-hydrogen) atoms. The van der Waals surface area contributed by atoms with Gasteiger partial charge in [0.05, 0.1) is 25.1 Å². The number of ether oxygens (including phenoxy) is 2. The number of rotatable bonds is 6. The van der Waals surface area contributed by atoms with Crippen molar-refractivity contribution in [2.24, 2.45) is 17.8 Å². The van der Waals surface area contributed by atoms with Crippen LogP contribution in [0.15, 0.2) is 77.3 Å². The minimum atomic E-state index is -1.51. The zero-order chi connectivity index (χ0) is 34.2. The van der Waals surface area contributed by atoms with E-state index in [0.29, 0.717) is 33.6 Å². The molecule has 2 saturated heterocycles. The van der Waals surface area contributed by atoms with Crippen molar-refractivity contribution in [3.8, 4) is 0 Å². The number of cyclic esters (lactones) is 1. The van der Waals surface area contributed by atoms with Crippen LogP contribution in [0.1, 0.15) is 44.8 Å². The molecule has 0 radical (unpaired) electrons. The van der Waals surface area contributed by atoms with Crippen molar-refractivity contribution in [2.45, 2.75) is 63.0 Å². The van der Waals surface area contributed by atoms with Gasteiger partial charge >= 0.3 is 5.97 Å². The topological polar surface area (TPSA) is 125 Å². The first-order valence-corrected chi connectivity index (χ1v) is 17.5. The van der Waals surface area contributed by atoms with Crippen LogP contribution in [0.25, 0.3) is 0 Å². The van der Waals surface area contributed by atoms with Gasteiger partial charge in [-0.3, -0.25) is 19.2 Å². The van der Waals surface area contributed by atoms with Crippen LogP contribution in [-0.2, 0) is 28.7 Å². The minimum absolute atomic E-state index is 0.0376. The van der Waals surface area contributed by atoms with Crippen molar-refractivity contribution < 1.29 is 33.8 Å². The zero-order valence-electron chi connectivity index (χ0n) is 26.8. The molecule has 0 unspecified atom stereocenters. The molecule has 4 heterocycles. The summed E-state index contributed by atoms with van der Waals surface area (Å²) in [5.74, 6) is -3.86. The molecule has 4 aliphatic heterocycles. The fraction of sp³-hybridized carbons (Fsp3) is 0.444. The standard InChI is InChI=1S/C36H39BrClN3O7/c1-21(2)17-25(20-42)41-32-34(45)40(24-14-12-23(38)13-15-24)16-8-4-7-11-28(43)39-19-27(22-9-5-3-6-10-22)47-35(46)29-30(33(41)44)36(32)18-26(37)31(29)48-36/h3-6,8-10,12-15,18,21,25,27,29-32,42H,7,11,16-17,19-20H2,1-2H3,(H,39,43)/b8-4-/t25-,27-,29-,30+,31-,32-,36+/m1/s1. The Labute approximate surface area is 293 Å². The Balaban J connectivity index is 1.48. The molecule has 6 rings (SSSR count). The third kappa shape index (κ3) is 6.33. The normalized spacial score (nSPS) is 30.6. The molecular weight excluding hydrogens is 702 g/mol. The number of hydrogen-bond acceptors (Lipinski definition) is 7. The monoisotopic (exact) mass is 739 g/mol. The summed E-state index contributed by atoms with van der Waals surface area (Å²) in [6, 6.07) is 14.0. The highest BCUT2D eigenvalue weighted by Gasteiger charge is 2.75. The number of hydrogen-bond donors (Lipinski definition) is 2. The average molecular weight is 741 g/mol. The molecule has 2 fully saturated rings. The second kappa shape index (κ2) is 14.2. The number of benzene rings is 2. The van der Waals surface area contributed by atoms with E-state index in [1.165, 1.54) is 4.90 Å². The number of amides is 3. The lowest BCUT2D eigenvalue weighted by atomic mass is 9.74. The van der Waals surface area contributed by atoms with E-state index in [9.17, 15) is 19.5 Å². The molecule has 0 aromatic heterocycles. The number of aliphatic hydroxyl groups excluding tert-OH is 1. The second-order valence-corrected chi connectivity index (χ2v) is 14.5. The maximum Gasteiger partial charge on any atom is 0.313 e. The van der Waals surface area contributed by atoms with Crippen molar-refractivity contribution in [3.05, 3.63) is 87.9 Å². The summed E-state index contributed by atoms with van der Waals surface area (Å²) in [5.41, 5.74) is -0.288. The third-order valence-electron chi connectivity index (χ3n) is 9.53. The summed E-state index contributed by atoms with van der Waals surface area (Å²) < 4.78 is 13.3. The van der Waals surface area contributed by atoms with Crippen LogP contribution in [0.2, 0.25) is 5.02 Å². The van der Waals surface area contributed by atoms with E-state index in [0.717, 1.165) is 0 Å². The Kier molecular flexibility index (Phi) is 10.1. The van der Waals surface area contributed by atoms with Crippen LogP contribution >= 0.6 is 27.5 Å². The summed E-state index contributed by atoms with van der Waals surface area (Å²) in [5, 5.41) is 14.0. The van der Waals surface area contributed by atoms with Crippen molar-refractivity contribution in [1.29, 1.82) is 0 Å². The Morgan fingerprint density at radius 2 is 1.77 bits per heavy atom. The lowest BCUT2D eigenvalue weighted by Crippen LogP contribution is -2.59. The molecule has 2 aromatic carbocycles. The first-order chi connectivity index (χ1) is 23.1. The minimum Gasteiger partial charge on any atom is -0.455 e. The average Bonchev–Trinajstić information content (AvgIpc) is 3.67. The van der Waals surface area contributed by atoms with E-state index >= 15 is 4.79 Å². The van der Waals surface area contributed by atoms with Gasteiger partial charge in [-0.1, -0.05) is 83.9 Å². The van der Waals surface area contributed by atoms with Crippen LogP contribution < -0.4 is 10.2 Å². The molecule has 4 aliphatic rings. The van der Waals surface area contributed by atoms with Crippen LogP contribution in [0.5, 0.6) is 0 Å². The molecule has 7 atom stereocenters. The van der Waals surface area contributed by atoms with Gasteiger partial charge < -0.3 is 29.7 Å². The number of esters is 1. The van der Waals surface area contributed by atoms with E-state index in [4.69, 9.17) is 21.1 Å². The molecule has 0 aliphatic carbocycles. The number of nitrogens with zero attached hydrogens (tertiary/aromatic N) is 2. The molecule has 10 nitrogen and oxygen atoms in total. The quantitative estimate of drug-likeness (QED) is 0.325. The van der Waals surface area contributed by atoms with Gasteiger partial charge in [-0.25, -0.2) is 0 Å². The summed E-state index contributed by atoms with van der Waals surface area (Å²) >= 11 is 9.79. The summed E-state index contributed by atoms with van der Waals surface area (Å²) in [6.07, 6.45) is 4.73. The maximum absolute atomic E-state index is 15.0. The first-order valence-electron chi connectivity index (χ1n) is 16.3. The van der Waals surface area contributed by atoms with Gasteiger partial charge in [-0.05, 0) is 54.7 Å². The number of allylic oxidation sites excluding steroid dienone is 1. The summed E-state index contributed by atoms with van der Waals surface area (Å²) in [4.78, 5) is 59.8. The summed E-state index contributed by atoms with van der Waals surface area (Å²) in [7, 11) is 0. The van der Waals surface area contributed by atoms with Crippen LogP contribution in [0.4, 0.5) is 5.69 Å². The van der Waals surface area contributed by atoms with Gasteiger partial charge in [0.15, 0.2) is 0 Å². The molecule has 254 valence electrons. The zero-order valence-corrected chi connectivity index (χ0v) is 29.1.